The maximum atomic E-state index is 11.9. The van der Waals surface area contributed by atoms with E-state index in [4.69, 9.17) is 0 Å². The Bertz CT molecular complexity index is 365. The van der Waals surface area contributed by atoms with Gasteiger partial charge in [-0.05, 0) is 12.8 Å². The highest BCUT2D eigenvalue weighted by Crippen LogP contribution is 2.07. The number of rotatable bonds is 10. The van der Waals surface area contributed by atoms with Gasteiger partial charge in [0, 0.05) is 25.5 Å². The van der Waals surface area contributed by atoms with Crippen molar-refractivity contribution in [2.45, 2.75) is 78.3 Å². The number of aryl methyl sites for hydroxylation is 2. The van der Waals surface area contributed by atoms with Gasteiger partial charge in [0.05, 0.1) is 0 Å². The second-order valence-electron chi connectivity index (χ2n) is 5.09. The summed E-state index contributed by atoms with van der Waals surface area (Å²) in [6.07, 6.45) is 13.9. The molecule has 0 aliphatic rings. The highest BCUT2D eigenvalue weighted by molar-refractivity contribution is 4.81. The first kappa shape index (κ1) is 15.1. The quantitative estimate of drug-likeness (QED) is 0.582. The molecule has 3 heteroatoms. The molecule has 0 aliphatic carbocycles. The molecule has 1 heterocycles. The van der Waals surface area contributed by atoms with Crippen LogP contribution in [0.15, 0.2) is 17.2 Å². The van der Waals surface area contributed by atoms with Gasteiger partial charge in [-0.15, -0.1) is 0 Å². The largest absolute Gasteiger partial charge is 0.328 e. The Morgan fingerprint density at radius 2 is 1.33 bits per heavy atom. The van der Waals surface area contributed by atoms with Crippen LogP contribution < -0.4 is 5.69 Å². The number of nitrogens with zero attached hydrogens (tertiary/aromatic N) is 2. The first-order chi connectivity index (χ1) is 8.79. The van der Waals surface area contributed by atoms with Gasteiger partial charge < -0.3 is 0 Å². The second kappa shape index (κ2) is 9.01. The van der Waals surface area contributed by atoms with Crippen molar-refractivity contribution in [2.24, 2.45) is 0 Å². The fraction of sp³-hybridized carbons (Fsp3) is 0.800. The van der Waals surface area contributed by atoms with Gasteiger partial charge in [0.15, 0.2) is 0 Å². The molecule has 0 atom stereocenters. The Kier molecular flexibility index (Phi) is 7.54. The van der Waals surface area contributed by atoms with E-state index in [2.05, 4.69) is 13.8 Å². The second-order valence-corrected chi connectivity index (χ2v) is 5.09. The SMILES string of the molecule is CCCCCCCCCn1ccn(CCC)c1=O. The minimum atomic E-state index is 0.155. The van der Waals surface area contributed by atoms with Gasteiger partial charge >= 0.3 is 5.69 Å². The maximum absolute atomic E-state index is 11.9. The summed E-state index contributed by atoms with van der Waals surface area (Å²) in [5, 5.41) is 0. The molecule has 1 aromatic rings. The summed E-state index contributed by atoms with van der Waals surface area (Å²) in [6, 6.07) is 0. The van der Waals surface area contributed by atoms with E-state index in [0.717, 1.165) is 25.9 Å². The molecule has 1 rings (SSSR count). The van der Waals surface area contributed by atoms with E-state index in [0.29, 0.717) is 0 Å². The van der Waals surface area contributed by atoms with Gasteiger partial charge in [-0.25, -0.2) is 4.79 Å². The van der Waals surface area contributed by atoms with Crippen LogP contribution in [0.25, 0.3) is 0 Å². The van der Waals surface area contributed by atoms with Crippen molar-refractivity contribution in [1.29, 1.82) is 0 Å². The zero-order chi connectivity index (χ0) is 13.2. The molecule has 104 valence electrons. The van der Waals surface area contributed by atoms with Crippen LogP contribution in [0.2, 0.25) is 0 Å². The molecule has 0 unspecified atom stereocenters. The summed E-state index contributed by atoms with van der Waals surface area (Å²) >= 11 is 0. The normalized spacial score (nSPS) is 11.0. The summed E-state index contributed by atoms with van der Waals surface area (Å²) in [6.45, 7) is 6.06. The molecule has 0 saturated carbocycles. The standard InChI is InChI=1S/C15H28N2O/c1-3-5-6-7-8-9-10-12-17-14-13-16(11-4-2)15(17)18/h13-14H,3-12H2,1-2H3. The lowest BCUT2D eigenvalue weighted by Gasteiger charge is -2.02. The summed E-state index contributed by atoms with van der Waals surface area (Å²) in [4.78, 5) is 11.9. The molecule has 0 fully saturated rings. The number of aromatic nitrogens is 2. The van der Waals surface area contributed by atoms with E-state index >= 15 is 0 Å². The number of hydrogen-bond donors (Lipinski definition) is 0. The van der Waals surface area contributed by atoms with Crippen molar-refractivity contribution >= 4 is 0 Å². The average molecular weight is 252 g/mol. The van der Waals surface area contributed by atoms with E-state index < -0.39 is 0 Å². The van der Waals surface area contributed by atoms with Crippen molar-refractivity contribution in [3.8, 4) is 0 Å². The summed E-state index contributed by atoms with van der Waals surface area (Å²) < 4.78 is 3.66. The molecule has 0 bridgehead atoms. The average Bonchev–Trinajstić information content (AvgIpc) is 2.71. The Hall–Kier alpha value is -0.990. The predicted octanol–water partition coefficient (Wildman–Crippen LogP) is 3.81. The van der Waals surface area contributed by atoms with Crippen LogP contribution in [0.4, 0.5) is 0 Å². The monoisotopic (exact) mass is 252 g/mol. The number of imidazole rings is 1. The van der Waals surface area contributed by atoms with E-state index in [1.54, 1.807) is 4.57 Å². The molecule has 0 amide bonds. The smallest absolute Gasteiger partial charge is 0.299 e. The molecule has 0 spiro atoms. The van der Waals surface area contributed by atoms with Crippen LogP contribution in [0.5, 0.6) is 0 Å². The molecule has 1 aromatic heterocycles. The van der Waals surface area contributed by atoms with Crippen molar-refractivity contribution in [2.75, 3.05) is 0 Å². The summed E-state index contributed by atoms with van der Waals surface area (Å²) in [5.74, 6) is 0. The van der Waals surface area contributed by atoms with Crippen LogP contribution in [0.1, 0.15) is 65.2 Å². The minimum absolute atomic E-state index is 0.155. The molecule has 0 aliphatic heterocycles. The predicted molar refractivity (Wildman–Crippen MR) is 77.0 cm³/mol. The lowest BCUT2D eigenvalue weighted by Crippen LogP contribution is -2.24. The van der Waals surface area contributed by atoms with Gasteiger partial charge in [-0.2, -0.15) is 0 Å². The molecular formula is C15H28N2O. The van der Waals surface area contributed by atoms with Crippen LogP contribution in [0.3, 0.4) is 0 Å². The Labute approximate surface area is 111 Å². The fourth-order valence-corrected chi connectivity index (χ4v) is 2.27. The Morgan fingerprint density at radius 3 is 1.94 bits per heavy atom. The van der Waals surface area contributed by atoms with E-state index in [-0.39, 0.29) is 5.69 Å². The summed E-state index contributed by atoms with van der Waals surface area (Å²) in [5.41, 5.74) is 0.155. The van der Waals surface area contributed by atoms with Gasteiger partial charge in [-0.3, -0.25) is 9.13 Å². The zero-order valence-electron chi connectivity index (χ0n) is 12.0. The third-order valence-electron chi connectivity index (χ3n) is 3.39. The minimum Gasteiger partial charge on any atom is -0.299 e. The van der Waals surface area contributed by atoms with Gasteiger partial charge in [0.25, 0.3) is 0 Å². The van der Waals surface area contributed by atoms with E-state index in [1.165, 1.54) is 38.5 Å². The van der Waals surface area contributed by atoms with Crippen LogP contribution in [-0.2, 0) is 13.1 Å². The molecule has 0 saturated heterocycles. The van der Waals surface area contributed by atoms with Gasteiger partial charge in [-0.1, -0.05) is 52.4 Å². The maximum Gasteiger partial charge on any atom is 0.328 e. The first-order valence-corrected chi connectivity index (χ1v) is 7.55. The third kappa shape index (κ3) is 5.11. The summed E-state index contributed by atoms with van der Waals surface area (Å²) in [7, 11) is 0. The van der Waals surface area contributed by atoms with E-state index in [9.17, 15) is 4.79 Å². The van der Waals surface area contributed by atoms with E-state index in [1.807, 2.05) is 17.0 Å². The van der Waals surface area contributed by atoms with Gasteiger partial charge in [0.1, 0.15) is 0 Å². The van der Waals surface area contributed by atoms with Crippen LogP contribution in [0, 0.1) is 0 Å². The van der Waals surface area contributed by atoms with Crippen molar-refractivity contribution in [3.05, 3.63) is 22.9 Å². The molecule has 0 aromatic carbocycles. The van der Waals surface area contributed by atoms with Crippen LogP contribution in [-0.4, -0.2) is 9.13 Å². The van der Waals surface area contributed by atoms with Crippen molar-refractivity contribution in [1.82, 2.24) is 9.13 Å². The van der Waals surface area contributed by atoms with Crippen LogP contribution >= 0.6 is 0 Å². The fourth-order valence-electron chi connectivity index (χ4n) is 2.27. The lowest BCUT2D eigenvalue weighted by molar-refractivity contribution is 0.532. The molecule has 18 heavy (non-hydrogen) atoms. The highest BCUT2D eigenvalue weighted by Gasteiger charge is 2.01. The topological polar surface area (TPSA) is 26.9 Å². The van der Waals surface area contributed by atoms with Crippen molar-refractivity contribution < 1.29 is 0 Å². The molecule has 0 N–H and O–H groups in total. The number of hydrogen-bond acceptors (Lipinski definition) is 1. The Balaban J connectivity index is 2.17. The molecule has 0 radical (unpaired) electrons. The molecular weight excluding hydrogens is 224 g/mol. The van der Waals surface area contributed by atoms with Crippen molar-refractivity contribution in [3.63, 3.8) is 0 Å². The third-order valence-corrected chi connectivity index (χ3v) is 3.39. The molecule has 3 nitrogen and oxygen atoms in total. The van der Waals surface area contributed by atoms with Gasteiger partial charge in [0.2, 0.25) is 0 Å². The number of unbranched alkanes of at least 4 members (excludes halogenated alkanes) is 6. The lowest BCUT2D eigenvalue weighted by atomic mass is 10.1. The zero-order valence-corrected chi connectivity index (χ0v) is 12.0. The Morgan fingerprint density at radius 1 is 0.778 bits per heavy atom. The highest BCUT2D eigenvalue weighted by atomic mass is 16.1. The first-order valence-electron chi connectivity index (χ1n) is 7.55.